The van der Waals surface area contributed by atoms with Crippen LogP contribution in [0.5, 0.6) is 0 Å². The smallest absolute Gasteiger partial charge is 0.243 e. The SMILES string of the molecule is Cc1nc(N(C)C)cc(N2CCN(S(=O)(=O)c3ccc(F)cc3C)CC2)n1. The Balaban J connectivity index is 1.77. The molecular formula is C18H24FN5O2S. The van der Waals surface area contributed by atoms with Gasteiger partial charge in [0.15, 0.2) is 0 Å². The van der Waals surface area contributed by atoms with E-state index < -0.39 is 15.8 Å². The van der Waals surface area contributed by atoms with Gasteiger partial charge >= 0.3 is 0 Å². The number of anilines is 2. The summed E-state index contributed by atoms with van der Waals surface area (Å²) < 4.78 is 40.6. The fraction of sp³-hybridized carbons (Fsp3) is 0.444. The van der Waals surface area contributed by atoms with Crippen LogP contribution in [0.15, 0.2) is 29.2 Å². The third kappa shape index (κ3) is 4.03. The van der Waals surface area contributed by atoms with Gasteiger partial charge in [0.2, 0.25) is 10.0 Å². The summed E-state index contributed by atoms with van der Waals surface area (Å²) in [5, 5.41) is 0. The molecule has 0 saturated carbocycles. The van der Waals surface area contributed by atoms with Crippen molar-refractivity contribution in [3.05, 3.63) is 41.5 Å². The van der Waals surface area contributed by atoms with Gasteiger partial charge in [0, 0.05) is 46.3 Å². The van der Waals surface area contributed by atoms with Crippen molar-refractivity contribution in [2.45, 2.75) is 18.7 Å². The lowest BCUT2D eigenvalue weighted by Gasteiger charge is -2.35. The molecule has 7 nitrogen and oxygen atoms in total. The topological polar surface area (TPSA) is 69.6 Å². The first kappa shape index (κ1) is 19.5. The third-order valence-corrected chi connectivity index (χ3v) is 6.65. The Morgan fingerprint density at radius 1 is 1.04 bits per heavy atom. The summed E-state index contributed by atoms with van der Waals surface area (Å²) in [6, 6.07) is 5.67. The predicted molar refractivity (Wildman–Crippen MR) is 103 cm³/mol. The van der Waals surface area contributed by atoms with Crippen molar-refractivity contribution in [1.29, 1.82) is 0 Å². The van der Waals surface area contributed by atoms with Gasteiger partial charge in [0.05, 0.1) is 4.90 Å². The second kappa shape index (κ2) is 7.40. The number of benzene rings is 1. The molecule has 0 amide bonds. The predicted octanol–water partition coefficient (Wildman–Crippen LogP) is 1.81. The van der Waals surface area contributed by atoms with Crippen molar-refractivity contribution in [1.82, 2.24) is 14.3 Å². The maximum Gasteiger partial charge on any atom is 0.243 e. The van der Waals surface area contributed by atoms with E-state index in [-0.39, 0.29) is 4.90 Å². The van der Waals surface area contributed by atoms with E-state index in [2.05, 4.69) is 14.9 Å². The highest BCUT2D eigenvalue weighted by Gasteiger charge is 2.30. The van der Waals surface area contributed by atoms with Crippen molar-refractivity contribution in [3.8, 4) is 0 Å². The molecule has 1 aliphatic rings. The molecule has 146 valence electrons. The Morgan fingerprint density at radius 3 is 2.30 bits per heavy atom. The van der Waals surface area contributed by atoms with E-state index in [1.165, 1.54) is 22.5 Å². The van der Waals surface area contributed by atoms with Crippen molar-refractivity contribution >= 4 is 21.7 Å². The summed E-state index contributed by atoms with van der Waals surface area (Å²) >= 11 is 0. The monoisotopic (exact) mass is 393 g/mol. The highest BCUT2D eigenvalue weighted by atomic mass is 32.2. The first-order valence-electron chi connectivity index (χ1n) is 8.73. The van der Waals surface area contributed by atoms with Crippen LogP contribution in [0.2, 0.25) is 0 Å². The number of nitrogens with zero attached hydrogens (tertiary/aromatic N) is 5. The van der Waals surface area contributed by atoms with Gasteiger partial charge in [-0.05, 0) is 37.6 Å². The molecule has 1 fully saturated rings. The minimum atomic E-state index is -3.65. The van der Waals surface area contributed by atoms with Gasteiger partial charge in [0.1, 0.15) is 23.3 Å². The molecule has 0 bridgehead atoms. The Bertz CT molecular complexity index is 941. The molecule has 27 heavy (non-hydrogen) atoms. The summed E-state index contributed by atoms with van der Waals surface area (Å²) in [5.74, 6) is 1.84. The molecule has 1 aromatic heterocycles. The highest BCUT2D eigenvalue weighted by Crippen LogP contribution is 2.24. The molecule has 0 unspecified atom stereocenters. The molecule has 0 atom stereocenters. The van der Waals surface area contributed by atoms with Gasteiger partial charge in [-0.1, -0.05) is 0 Å². The second-order valence-corrected chi connectivity index (χ2v) is 8.73. The van der Waals surface area contributed by atoms with Crippen LogP contribution in [-0.2, 0) is 10.0 Å². The van der Waals surface area contributed by atoms with Gasteiger partial charge in [-0.15, -0.1) is 0 Å². The number of aryl methyl sites for hydroxylation is 2. The molecule has 0 N–H and O–H groups in total. The molecule has 1 aromatic carbocycles. The minimum absolute atomic E-state index is 0.158. The molecule has 9 heteroatoms. The van der Waals surface area contributed by atoms with Crippen molar-refractivity contribution in [2.75, 3.05) is 50.1 Å². The van der Waals surface area contributed by atoms with E-state index in [1.807, 2.05) is 32.0 Å². The number of sulfonamides is 1. The summed E-state index contributed by atoms with van der Waals surface area (Å²) in [6.45, 7) is 5.21. The molecule has 1 aliphatic heterocycles. The lowest BCUT2D eigenvalue weighted by atomic mass is 10.2. The van der Waals surface area contributed by atoms with E-state index in [1.54, 1.807) is 6.92 Å². The molecule has 2 aromatic rings. The van der Waals surface area contributed by atoms with E-state index in [0.717, 1.165) is 11.6 Å². The van der Waals surface area contributed by atoms with Crippen LogP contribution < -0.4 is 9.80 Å². The number of rotatable bonds is 4. The largest absolute Gasteiger partial charge is 0.363 e. The molecule has 0 spiro atoms. The standard InChI is InChI=1S/C18H24FN5O2S/c1-13-11-15(19)5-6-16(13)27(25,26)24-9-7-23(8-10-24)18-12-17(22(3)4)20-14(2)21-18/h5-6,11-12H,7-10H2,1-4H3. The number of halogens is 1. The van der Waals surface area contributed by atoms with Gasteiger partial charge in [0.25, 0.3) is 0 Å². The van der Waals surface area contributed by atoms with Crippen LogP contribution in [0, 0.1) is 19.7 Å². The van der Waals surface area contributed by atoms with E-state index in [4.69, 9.17) is 0 Å². The molecular weight excluding hydrogens is 369 g/mol. The van der Waals surface area contributed by atoms with E-state index in [9.17, 15) is 12.8 Å². The molecule has 1 saturated heterocycles. The third-order valence-electron chi connectivity index (χ3n) is 4.59. The molecule has 0 radical (unpaired) electrons. The normalized spacial score (nSPS) is 15.8. The fourth-order valence-electron chi connectivity index (χ4n) is 3.13. The molecule has 3 rings (SSSR count). The Hall–Kier alpha value is -2.26. The molecule has 2 heterocycles. The lowest BCUT2D eigenvalue weighted by Crippen LogP contribution is -2.49. The van der Waals surface area contributed by atoms with Gasteiger partial charge in [-0.2, -0.15) is 4.31 Å². The summed E-state index contributed by atoms with van der Waals surface area (Å²) in [7, 11) is 0.190. The average Bonchev–Trinajstić information content (AvgIpc) is 2.61. The van der Waals surface area contributed by atoms with E-state index in [0.29, 0.717) is 37.6 Å². The number of piperazine rings is 1. The zero-order valence-electron chi connectivity index (χ0n) is 16.0. The zero-order chi connectivity index (χ0) is 19.8. The lowest BCUT2D eigenvalue weighted by molar-refractivity contribution is 0.383. The summed E-state index contributed by atoms with van der Waals surface area (Å²) in [5.41, 5.74) is 0.416. The highest BCUT2D eigenvalue weighted by molar-refractivity contribution is 7.89. The van der Waals surface area contributed by atoms with Gasteiger partial charge in [-0.3, -0.25) is 0 Å². The summed E-state index contributed by atoms with van der Waals surface area (Å²) in [6.07, 6.45) is 0. The van der Waals surface area contributed by atoms with Crippen LogP contribution in [0.1, 0.15) is 11.4 Å². The first-order valence-corrected chi connectivity index (χ1v) is 10.2. The van der Waals surface area contributed by atoms with Gasteiger partial charge < -0.3 is 9.80 Å². The minimum Gasteiger partial charge on any atom is -0.363 e. The van der Waals surface area contributed by atoms with Crippen molar-refractivity contribution < 1.29 is 12.8 Å². The Labute approximate surface area is 159 Å². The average molecular weight is 393 g/mol. The maximum atomic E-state index is 13.3. The van der Waals surface area contributed by atoms with Crippen molar-refractivity contribution in [2.24, 2.45) is 0 Å². The molecule has 0 aliphatic carbocycles. The maximum absolute atomic E-state index is 13.3. The summed E-state index contributed by atoms with van der Waals surface area (Å²) in [4.78, 5) is 13.0. The fourth-order valence-corrected chi connectivity index (χ4v) is 4.75. The number of hydrogen-bond donors (Lipinski definition) is 0. The van der Waals surface area contributed by atoms with Crippen LogP contribution in [-0.4, -0.2) is 63.0 Å². The van der Waals surface area contributed by atoms with Crippen LogP contribution in [0.3, 0.4) is 0 Å². The van der Waals surface area contributed by atoms with E-state index >= 15 is 0 Å². The first-order chi connectivity index (χ1) is 12.7. The number of hydrogen-bond acceptors (Lipinski definition) is 6. The second-order valence-electron chi connectivity index (χ2n) is 6.83. The van der Waals surface area contributed by atoms with Crippen LogP contribution in [0.25, 0.3) is 0 Å². The Morgan fingerprint density at radius 2 is 1.70 bits per heavy atom. The quantitative estimate of drug-likeness (QED) is 0.789. The zero-order valence-corrected chi connectivity index (χ0v) is 16.8. The number of aromatic nitrogens is 2. The van der Waals surface area contributed by atoms with Gasteiger partial charge in [-0.25, -0.2) is 22.8 Å². The van der Waals surface area contributed by atoms with Crippen molar-refractivity contribution in [3.63, 3.8) is 0 Å². The van der Waals surface area contributed by atoms with Crippen LogP contribution >= 0.6 is 0 Å². The van der Waals surface area contributed by atoms with Crippen LogP contribution in [0.4, 0.5) is 16.0 Å². The Kier molecular flexibility index (Phi) is 5.34.